The van der Waals surface area contributed by atoms with Crippen molar-refractivity contribution in [2.24, 2.45) is 11.8 Å². The van der Waals surface area contributed by atoms with Crippen molar-refractivity contribution in [3.63, 3.8) is 0 Å². The van der Waals surface area contributed by atoms with E-state index in [0.29, 0.717) is 12.8 Å². The van der Waals surface area contributed by atoms with Crippen molar-refractivity contribution in [3.05, 3.63) is 83.9 Å². The fourth-order valence-electron chi connectivity index (χ4n) is 4.72. The van der Waals surface area contributed by atoms with Gasteiger partial charge >= 0.3 is 11.9 Å². The lowest BCUT2D eigenvalue weighted by atomic mass is 9.75. The van der Waals surface area contributed by atoms with Gasteiger partial charge in [-0.05, 0) is 36.1 Å². The van der Waals surface area contributed by atoms with Crippen LogP contribution in [0.2, 0.25) is 0 Å². The molecule has 0 saturated carbocycles. The molecule has 4 aromatic rings. The molecule has 1 heterocycles. The summed E-state index contributed by atoms with van der Waals surface area (Å²) in [5, 5.41) is 0. The van der Waals surface area contributed by atoms with Gasteiger partial charge in [0.25, 0.3) is 0 Å². The molecule has 6 heteroatoms. The van der Waals surface area contributed by atoms with Crippen LogP contribution < -0.4 is 0 Å². The molecule has 3 aromatic carbocycles. The van der Waals surface area contributed by atoms with E-state index in [2.05, 4.69) is 0 Å². The summed E-state index contributed by atoms with van der Waals surface area (Å²) in [7, 11) is 2.69. The van der Waals surface area contributed by atoms with Crippen molar-refractivity contribution < 1.29 is 19.1 Å². The van der Waals surface area contributed by atoms with E-state index in [1.54, 1.807) is 0 Å². The molecule has 2 atom stereocenters. The molecule has 6 nitrogen and oxygen atoms in total. The van der Waals surface area contributed by atoms with Crippen LogP contribution in [0.4, 0.5) is 0 Å². The highest BCUT2D eigenvalue weighted by Gasteiger charge is 2.39. The maximum Gasteiger partial charge on any atom is 0.309 e. The second kappa shape index (κ2) is 9.06. The number of methoxy groups -OCH3 is 2. The molecule has 5 rings (SSSR count). The van der Waals surface area contributed by atoms with Crippen molar-refractivity contribution in [2.75, 3.05) is 14.2 Å². The van der Waals surface area contributed by atoms with Crippen LogP contribution in [-0.4, -0.2) is 36.1 Å². The number of benzene rings is 3. The van der Waals surface area contributed by atoms with Gasteiger partial charge in [-0.1, -0.05) is 60.7 Å². The Kier molecular flexibility index (Phi) is 5.80. The number of carbonyl (C=O) groups excluding carboxylic acids is 2. The van der Waals surface area contributed by atoms with Gasteiger partial charge < -0.3 is 9.47 Å². The molecule has 34 heavy (non-hydrogen) atoms. The van der Waals surface area contributed by atoms with Crippen LogP contribution >= 0.6 is 0 Å². The Morgan fingerprint density at radius 3 is 1.41 bits per heavy atom. The van der Waals surface area contributed by atoms with Crippen molar-refractivity contribution in [1.29, 1.82) is 0 Å². The summed E-state index contributed by atoms with van der Waals surface area (Å²) in [6, 6.07) is 23.9. The van der Waals surface area contributed by atoms with E-state index >= 15 is 0 Å². The number of esters is 2. The quantitative estimate of drug-likeness (QED) is 0.420. The maximum absolute atomic E-state index is 12.5. The second-order valence-corrected chi connectivity index (χ2v) is 8.43. The number of carbonyl (C=O) groups is 2. The predicted molar refractivity (Wildman–Crippen MR) is 129 cm³/mol. The Morgan fingerprint density at radius 2 is 1.06 bits per heavy atom. The topological polar surface area (TPSA) is 78.4 Å². The summed E-state index contributed by atoms with van der Waals surface area (Å²) in [6.07, 6.45) is 0.779. The largest absolute Gasteiger partial charge is 0.469 e. The number of rotatable bonds is 4. The molecule has 170 valence electrons. The first-order chi connectivity index (χ1) is 16.6. The Labute approximate surface area is 197 Å². The van der Waals surface area contributed by atoms with E-state index in [0.717, 1.165) is 44.7 Å². The summed E-state index contributed by atoms with van der Waals surface area (Å²) >= 11 is 0. The molecule has 0 amide bonds. The van der Waals surface area contributed by atoms with Crippen LogP contribution in [0.5, 0.6) is 0 Å². The van der Waals surface area contributed by atoms with Crippen LogP contribution in [0.3, 0.4) is 0 Å². The Morgan fingerprint density at radius 1 is 0.676 bits per heavy atom. The molecule has 0 saturated heterocycles. The first kappa shape index (κ1) is 21.8. The monoisotopic (exact) mass is 452 g/mol. The zero-order valence-electron chi connectivity index (χ0n) is 19.0. The summed E-state index contributed by atoms with van der Waals surface area (Å²) in [5.41, 5.74) is 7.00. The average Bonchev–Trinajstić information content (AvgIpc) is 2.90. The fraction of sp³-hybridized carbons (Fsp3) is 0.214. The van der Waals surface area contributed by atoms with Crippen LogP contribution in [0.25, 0.3) is 33.5 Å². The van der Waals surface area contributed by atoms with Crippen LogP contribution in [0, 0.1) is 11.8 Å². The molecule has 0 radical (unpaired) electrons. The lowest BCUT2D eigenvalue weighted by molar-refractivity contribution is -0.158. The molecule has 1 aliphatic rings. The van der Waals surface area contributed by atoms with E-state index in [1.165, 1.54) is 14.2 Å². The van der Waals surface area contributed by atoms with Gasteiger partial charge in [0, 0.05) is 11.1 Å². The first-order valence-electron chi connectivity index (χ1n) is 11.2. The lowest BCUT2D eigenvalue weighted by Crippen LogP contribution is -2.38. The number of fused-ring (bicyclic) bond motifs is 2. The molecule has 0 unspecified atom stereocenters. The molecule has 0 spiro atoms. The van der Waals surface area contributed by atoms with Crippen molar-refractivity contribution >= 4 is 23.0 Å². The van der Waals surface area contributed by atoms with Gasteiger partial charge in [-0.2, -0.15) is 0 Å². The second-order valence-electron chi connectivity index (χ2n) is 8.43. The van der Waals surface area contributed by atoms with Crippen LogP contribution in [0.1, 0.15) is 11.1 Å². The van der Waals surface area contributed by atoms with Gasteiger partial charge in [0.15, 0.2) is 0 Å². The lowest BCUT2D eigenvalue weighted by Gasteiger charge is -2.29. The first-order valence-corrected chi connectivity index (χ1v) is 11.2. The van der Waals surface area contributed by atoms with E-state index in [4.69, 9.17) is 19.4 Å². The number of hydrogen-bond donors (Lipinski definition) is 0. The van der Waals surface area contributed by atoms with E-state index in [-0.39, 0.29) is 0 Å². The third-order valence-electron chi connectivity index (χ3n) is 6.45. The molecular formula is C28H24N2O4. The van der Waals surface area contributed by atoms with Crippen molar-refractivity contribution in [1.82, 2.24) is 9.97 Å². The van der Waals surface area contributed by atoms with E-state index in [1.807, 2.05) is 72.8 Å². The van der Waals surface area contributed by atoms with Crippen molar-refractivity contribution in [2.45, 2.75) is 12.8 Å². The molecule has 1 aromatic heterocycles. The highest BCUT2D eigenvalue weighted by atomic mass is 16.5. The average molecular weight is 453 g/mol. The van der Waals surface area contributed by atoms with Crippen LogP contribution in [0.15, 0.2) is 72.8 Å². The summed E-state index contributed by atoms with van der Waals surface area (Å²) in [4.78, 5) is 34.9. The highest BCUT2D eigenvalue weighted by Crippen LogP contribution is 2.36. The third kappa shape index (κ3) is 3.92. The predicted octanol–water partition coefficient (Wildman–Crippen LogP) is 4.64. The van der Waals surface area contributed by atoms with Gasteiger partial charge in [-0.25, -0.2) is 9.97 Å². The summed E-state index contributed by atoms with van der Waals surface area (Å²) < 4.78 is 9.97. The SMILES string of the molecule is COC(=O)[C@@H]1Cc2cc3nc(-c4ccccc4)c(-c4ccccc4)nc3cc2C[C@H]1C(=O)OC. The fourth-order valence-corrected chi connectivity index (χ4v) is 4.72. The third-order valence-corrected chi connectivity index (χ3v) is 6.45. The van der Waals surface area contributed by atoms with Gasteiger partial charge in [0.05, 0.1) is 48.5 Å². The zero-order valence-corrected chi connectivity index (χ0v) is 19.0. The Bertz CT molecular complexity index is 1260. The molecular weight excluding hydrogens is 428 g/mol. The Balaban J connectivity index is 1.68. The normalized spacial score (nSPS) is 17.1. The minimum absolute atomic E-state index is 0.389. The number of ether oxygens (including phenoxy) is 2. The van der Waals surface area contributed by atoms with Crippen LogP contribution in [-0.2, 0) is 31.9 Å². The van der Waals surface area contributed by atoms with Gasteiger partial charge in [-0.3, -0.25) is 9.59 Å². The molecule has 0 aliphatic heterocycles. The molecule has 0 fully saturated rings. The summed E-state index contributed by atoms with van der Waals surface area (Å²) in [6.45, 7) is 0. The van der Waals surface area contributed by atoms with Crippen molar-refractivity contribution in [3.8, 4) is 22.5 Å². The number of hydrogen-bond acceptors (Lipinski definition) is 6. The number of nitrogens with zero attached hydrogens (tertiary/aromatic N) is 2. The maximum atomic E-state index is 12.5. The molecule has 1 aliphatic carbocycles. The van der Waals surface area contributed by atoms with E-state index in [9.17, 15) is 9.59 Å². The van der Waals surface area contributed by atoms with Gasteiger partial charge in [-0.15, -0.1) is 0 Å². The minimum Gasteiger partial charge on any atom is -0.469 e. The highest BCUT2D eigenvalue weighted by molar-refractivity contribution is 5.88. The summed E-state index contributed by atoms with van der Waals surface area (Å²) in [5.74, 6) is -1.99. The smallest absolute Gasteiger partial charge is 0.309 e. The van der Waals surface area contributed by atoms with Gasteiger partial charge in [0.1, 0.15) is 0 Å². The number of aromatic nitrogens is 2. The molecule has 0 bridgehead atoms. The zero-order chi connectivity index (χ0) is 23.7. The standard InChI is InChI=1S/C28H24N2O4/c1-33-27(31)21-13-19-15-23-24(16-20(19)14-22(21)28(32)34-2)30-26(18-11-7-4-8-12-18)25(29-23)17-9-5-3-6-10-17/h3-12,15-16,21-22H,13-14H2,1-2H3/t21-,22-/m1/s1. The Hall–Kier alpha value is -4.06. The minimum atomic E-state index is -0.590. The van der Waals surface area contributed by atoms with Gasteiger partial charge in [0.2, 0.25) is 0 Å². The molecule has 0 N–H and O–H groups in total. The van der Waals surface area contributed by atoms with E-state index < -0.39 is 23.8 Å².